The van der Waals surface area contributed by atoms with Crippen LogP contribution in [0.15, 0.2) is 29.2 Å². The minimum atomic E-state index is -0.157. The zero-order chi connectivity index (χ0) is 9.42. The second kappa shape index (κ2) is 2.62. The first-order valence-electron chi connectivity index (χ1n) is 4.00. The summed E-state index contributed by atoms with van der Waals surface area (Å²) in [6.45, 7) is 1.89. The molecule has 13 heavy (non-hydrogen) atoms. The molecule has 1 heterocycles. The predicted molar refractivity (Wildman–Crippen MR) is 51.0 cm³/mol. The van der Waals surface area contributed by atoms with Crippen molar-refractivity contribution >= 4 is 10.9 Å². The minimum absolute atomic E-state index is 0.0300. The van der Waals surface area contributed by atoms with E-state index in [0.29, 0.717) is 10.9 Å². The van der Waals surface area contributed by atoms with Gasteiger partial charge in [0.1, 0.15) is 5.75 Å². The van der Waals surface area contributed by atoms with E-state index >= 15 is 0 Å². The summed E-state index contributed by atoms with van der Waals surface area (Å²) in [5, 5.41) is 9.82. The molecule has 2 N–H and O–H groups in total. The molecule has 0 spiro atoms. The Labute approximate surface area is 74.7 Å². The molecule has 0 bridgehead atoms. The lowest BCUT2D eigenvalue weighted by molar-refractivity contribution is 0.481. The van der Waals surface area contributed by atoms with Crippen LogP contribution in [0.2, 0.25) is 0 Å². The van der Waals surface area contributed by atoms with Gasteiger partial charge in [0.25, 0.3) is 0 Å². The summed E-state index contributed by atoms with van der Waals surface area (Å²) in [4.78, 5) is 14.3. The second-order valence-corrected chi connectivity index (χ2v) is 2.99. The fourth-order valence-electron chi connectivity index (χ4n) is 1.42. The number of aromatic hydroxyl groups is 1. The monoisotopic (exact) mass is 175 g/mol. The molecule has 0 saturated heterocycles. The molecule has 0 aliphatic rings. The largest absolute Gasteiger partial charge is 0.507 e. The van der Waals surface area contributed by atoms with Crippen molar-refractivity contribution in [1.82, 2.24) is 4.98 Å². The Morgan fingerprint density at radius 3 is 2.77 bits per heavy atom. The number of nitrogens with one attached hydrogen (secondary N) is 1. The minimum Gasteiger partial charge on any atom is -0.507 e. The summed E-state index contributed by atoms with van der Waals surface area (Å²) in [5.74, 6) is 0.0300. The van der Waals surface area contributed by atoms with Crippen molar-refractivity contribution in [2.75, 3.05) is 0 Å². The third kappa shape index (κ3) is 1.09. The molecule has 0 unspecified atom stereocenters. The molecule has 0 atom stereocenters. The summed E-state index contributed by atoms with van der Waals surface area (Å²) < 4.78 is 0. The van der Waals surface area contributed by atoms with E-state index in [9.17, 15) is 9.90 Å². The van der Waals surface area contributed by atoms with Crippen LogP contribution in [0, 0.1) is 6.92 Å². The Morgan fingerprint density at radius 1 is 1.31 bits per heavy atom. The number of phenols is 1. The van der Waals surface area contributed by atoms with Gasteiger partial charge in [-0.2, -0.15) is 0 Å². The number of aryl methyl sites for hydroxylation is 1. The summed E-state index contributed by atoms with van der Waals surface area (Å²) in [7, 11) is 0. The van der Waals surface area contributed by atoms with Crippen LogP contribution in [0.25, 0.3) is 10.9 Å². The van der Waals surface area contributed by atoms with Gasteiger partial charge in [-0.3, -0.25) is 4.79 Å². The van der Waals surface area contributed by atoms with Crippen molar-refractivity contribution in [3.05, 3.63) is 40.2 Å². The first-order valence-corrected chi connectivity index (χ1v) is 4.00. The van der Waals surface area contributed by atoms with Crippen molar-refractivity contribution in [1.29, 1.82) is 0 Å². The van der Waals surface area contributed by atoms with E-state index in [1.54, 1.807) is 12.3 Å². The summed E-state index contributed by atoms with van der Waals surface area (Å²) in [6.07, 6.45) is 1.58. The van der Waals surface area contributed by atoms with Crippen molar-refractivity contribution in [3.8, 4) is 5.75 Å². The van der Waals surface area contributed by atoms with E-state index in [1.807, 2.05) is 6.92 Å². The van der Waals surface area contributed by atoms with Gasteiger partial charge >= 0.3 is 0 Å². The molecular weight excluding hydrogens is 166 g/mol. The van der Waals surface area contributed by atoms with Gasteiger partial charge in [-0.25, -0.2) is 0 Å². The first kappa shape index (κ1) is 7.86. The number of phenolic OH excluding ortho intramolecular Hbond substituents is 1. The van der Waals surface area contributed by atoms with Crippen LogP contribution >= 0.6 is 0 Å². The topological polar surface area (TPSA) is 53.1 Å². The molecule has 0 fully saturated rings. The number of aromatic amines is 1. The molecule has 2 aromatic rings. The SMILES string of the molecule is Cc1ccc(O)c2c(=O)cc[nH]c12. The molecular formula is C10H9NO2. The van der Waals surface area contributed by atoms with Crippen LogP contribution in [-0.4, -0.2) is 10.1 Å². The Balaban J connectivity index is 3.09. The molecule has 66 valence electrons. The number of benzene rings is 1. The van der Waals surface area contributed by atoms with Gasteiger partial charge in [0, 0.05) is 12.3 Å². The van der Waals surface area contributed by atoms with E-state index in [2.05, 4.69) is 4.98 Å². The van der Waals surface area contributed by atoms with Gasteiger partial charge in [-0.05, 0) is 18.6 Å². The van der Waals surface area contributed by atoms with E-state index in [-0.39, 0.29) is 11.2 Å². The van der Waals surface area contributed by atoms with Gasteiger partial charge in [0.2, 0.25) is 0 Å². The number of aromatic nitrogens is 1. The van der Waals surface area contributed by atoms with Crippen molar-refractivity contribution in [3.63, 3.8) is 0 Å². The normalized spacial score (nSPS) is 10.5. The highest BCUT2D eigenvalue weighted by Gasteiger charge is 2.04. The quantitative estimate of drug-likeness (QED) is 0.638. The standard InChI is InChI=1S/C10H9NO2/c1-6-2-3-7(12)9-8(13)4-5-11-10(6)9/h2-5,12H,1H3,(H,11,13). The summed E-state index contributed by atoms with van der Waals surface area (Å²) in [6, 6.07) is 4.71. The average Bonchev–Trinajstić information content (AvgIpc) is 2.12. The number of rotatable bonds is 0. The van der Waals surface area contributed by atoms with Crippen molar-refractivity contribution in [2.45, 2.75) is 6.92 Å². The molecule has 0 saturated carbocycles. The van der Waals surface area contributed by atoms with Gasteiger partial charge in [0.05, 0.1) is 10.9 Å². The molecule has 3 nitrogen and oxygen atoms in total. The lowest BCUT2D eigenvalue weighted by Gasteiger charge is -2.02. The Bertz CT molecular complexity index is 514. The van der Waals surface area contributed by atoms with Crippen LogP contribution in [0.5, 0.6) is 5.75 Å². The first-order chi connectivity index (χ1) is 6.20. The molecule has 0 amide bonds. The number of pyridine rings is 1. The Morgan fingerprint density at radius 2 is 2.08 bits per heavy atom. The smallest absolute Gasteiger partial charge is 0.193 e. The zero-order valence-corrected chi connectivity index (χ0v) is 7.16. The maximum Gasteiger partial charge on any atom is 0.193 e. The number of fused-ring (bicyclic) bond motifs is 1. The van der Waals surface area contributed by atoms with Gasteiger partial charge in [-0.15, -0.1) is 0 Å². The third-order valence-corrected chi connectivity index (χ3v) is 2.10. The average molecular weight is 175 g/mol. The summed E-state index contributed by atoms with van der Waals surface area (Å²) in [5.41, 5.74) is 1.49. The highest BCUT2D eigenvalue weighted by molar-refractivity contribution is 5.86. The molecule has 0 aliphatic carbocycles. The van der Waals surface area contributed by atoms with Crippen LogP contribution in [0.3, 0.4) is 0 Å². The Hall–Kier alpha value is -1.77. The lowest BCUT2D eigenvalue weighted by Crippen LogP contribution is -2.01. The maximum absolute atomic E-state index is 11.4. The fraction of sp³-hybridized carbons (Fsp3) is 0.100. The second-order valence-electron chi connectivity index (χ2n) is 2.99. The van der Waals surface area contributed by atoms with Crippen LogP contribution in [0.4, 0.5) is 0 Å². The third-order valence-electron chi connectivity index (χ3n) is 2.10. The van der Waals surface area contributed by atoms with E-state index in [0.717, 1.165) is 5.56 Å². The van der Waals surface area contributed by atoms with Crippen LogP contribution < -0.4 is 5.43 Å². The van der Waals surface area contributed by atoms with Crippen molar-refractivity contribution < 1.29 is 5.11 Å². The fourth-order valence-corrected chi connectivity index (χ4v) is 1.42. The zero-order valence-electron chi connectivity index (χ0n) is 7.16. The predicted octanol–water partition coefficient (Wildman–Crippen LogP) is 1.54. The molecule has 3 heteroatoms. The van der Waals surface area contributed by atoms with Crippen molar-refractivity contribution in [2.24, 2.45) is 0 Å². The maximum atomic E-state index is 11.4. The highest BCUT2D eigenvalue weighted by Crippen LogP contribution is 2.21. The van der Waals surface area contributed by atoms with Gasteiger partial charge in [-0.1, -0.05) is 6.07 Å². The molecule has 0 radical (unpaired) electrons. The number of H-pyrrole nitrogens is 1. The van der Waals surface area contributed by atoms with E-state index < -0.39 is 0 Å². The van der Waals surface area contributed by atoms with E-state index in [4.69, 9.17) is 0 Å². The Kier molecular flexibility index (Phi) is 1.59. The number of hydrogen-bond acceptors (Lipinski definition) is 2. The van der Waals surface area contributed by atoms with Gasteiger partial charge < -0.3 is 10.1 Å². The highest BCUT2D eigenvalue weighted by atomic mass is 16.3. The van der Waals surface area contributed by atoms with E-state index in [1.165, 1.54) is 12.1 Å². The molecule has 2 rings (SSSR count). The van der Waals surface area contributed by atoms with Gasteiger partial charge in [0.15, 0.2) is 5.43 Å². The van der Waals surface area contributed by atoms with Crippen LogP contribution in [0.1, 0.15) is 5.56 Å². The molecule has 1 aromatic carbocycles. The molecule has 0 aliphatic heterocycles. The van der Waals surface area contributed by atoms with Crippen LogP contribution in [-0.2, 0) is 0 Å². The number of hydrogen-bond donors (Lipinski definition) is 2. The lowest BCUT2D eigenvalue weighted by atomic mass is 10.1. The summed E-state index contributed by atoms with van der Waals surface area (Å²) >= 11 is 0. The molecule has 1 aromatic heterocycles.